The second kappa shape index (κ2) is 8.93. The Morgan fingerprint density at radius 2 is 1.80 bits per heavy atom. The molecule has 30 heavy (non-hydrogen) atoms. The van der Waals surface area contributed by atoms with Gasteiger partial charge in [-0.3, -0.25) is 14.5 Å². The first-order valence-electron chi connectivity index (χ1n) is 10.4. The number of carbonyl (C=O) groups excluding carboxylic acids is 2. The fraction of sp³-hybridized carbons (Fsp3) is 0.391. The molecule has 2 amide bonds. The van der Waals surface area contributed by atoms with E-state index in [0.717, 1.165) is 37.3 Å². The van der Waals surface area contributed by atoms with E-state index in [2.05, 4.69) is 0 Å². The zero-order valence-electron chi connectivity index (χ0n) is 17.2. The van der Waals surface area contributed by atoms with E-state index in [1.807, 2.05) is 30.3 Å². The number of imide groups is 1. The molecular weight excluding hydrogens is 385 g/mol. The van der Waals surface area contributed by atoms with Crippen LogP contribution in [0.4, 0.5) is 4.39 Å². The van der Waals surface area contributed by atoms with E-state index < -0.39 is 0 Å². The monoisotopic (exact) mass is 413 g/mol. The molecule has 2 fully saturated rings. The Morgan fingerprint density at radius 3 is 2.50 bits per heavy atom. The number of rotatable bonds is 6. The maximum absolute atomic E-state index is 13.6. The van der Waals surface area contributed by atoms with E-state index in [4.69, 9.17) is 4.74 Å². The van der Waals surface area contributed by atoms with Gasteiger partial charge >= 0.3 is 0 Å². The normalized spacial score (nSPS) is 24.3. The minimum absolute atomic E-state index is 0.0610. The van der Waals surface area contributed by atoms with Crippen molar-refractivity contribution in [3.8, 4) is 5.75 Å². The molecule has 0 unspecified atom stereocenters. The van der Waals surface area contributed by atoms with E-state index in [9.17, 15) is 14.0 Å². The van der Waals surface area contributed by atoms with Crippen molar-refractivity contribution in [1.82, 2.24) is 4.90 Å². The van der Waals surface area contributed by atoms with E-state index in [0.29, 0.717) is 18.8 Å². The molecule has 2 heterocycles. The van der Waals surface area contributed by atoms with Crippen LogP contribution in [0.2, 0.25) is 0 Å². The van der Waals surface area contributed by atoms with E-state index in [-0.39, 0.29) is 30.1 Å². The Morgan fingerprint density at radius 1 is 1.07 bits per heavy atom. The lowest BCUT2D eigenvalue weighted by Gasteiger charge is -2.32. The molecule has 2 saturated heterocycles. The van der Waals surface area contributed by atoms with Gasteiger partial charge in [0.2, 0.25) is 5.91 Å². The summed E-state index contributed by atoms with van der Waals surface area (Å²) >= 11 is 0. The third-order valence-corrected chi connectivity index (χ3v) is 6.20. The number of benzene rings is 2. The number of halogens is 1. The zero-order chi connectivity index (χ0) is 21.1. The van der Waals surface area contributed by atoms with Crippen LogP contribution < -0.4 is 14.5 Å². The van der Waals surface area contributed by atoms with Crippen LogP contribution in [-0.2, 0) is 22.7 Å². The molecule has 0 spiro atoms. The van der Waals surface area contributed by atoms with Gasteiger partial charge < -0.3 is 14.5 Å². The van der Waals surface area contributed by atoms with Gasteiger partial charge in [0, 0.05) is 0 Å². The van der Waals surface area contributed by atoms with Crippen LogP contribution >= 0.6 is 0 Å². The minimum atomic E-state index is -0.286. The average Bonchev–Trinajstić information content (AvgIpc) is 3.03. The highest BCUT2D eigenvalue weighted by Gasteiger charge is 2.46. The van der Waals surface area contributed by atoms with Crippen molar-refractivity contribution >= 4 is 11.8 Å². The number of nitrogens with one attached hydrogen (secondary N) is 2. The van der Waals surface area contributed by atoms with Gasteiger partial charge in [0.05, 0.1) is 25.6 Å². The summed E-state index contributed by atoms with van der Waals surface area (Å²) in [6.45, 7) is 4.40. The van der Waals surface area contributed by atoms with Crippen LogP contribution in [0.25, 0.3) is 0 Å². The molecule has 0 saturated carbocycles. The number of likely N-dealkylation sites (tertiary alicyclic amines) is 1. The maximum atomic E-state index is 13.6. The van der Waals surface area contributed by atoms with Crippen molar-refractivity contribution < 1.29 is 28.5 Å². The predicted molar refractivity (Wildman–Crippen MR) is 108 cm³/mol. The minimum Gasteiger partial charge on any atom is -0.496 e. The second-order valence-corrected chi connectivity index (χ2v) is 8.10. The number of methoxy groups -OCH3 is 1. The highest BCUT2D eigenvalue weighted by molar-refractivity contribution is 6.04. The molecule has 1 atom stereocenters. The molecule has 4 rings (SSSR count). The molecule has 2 aliphatic heterocycles. The smallest absolute Gasteiger partial charge is 0.288 e. The van der Waals surface area contributed by atoms with Crippen LogP contribution in [0, 0.1) is 5.82 Å². The second-order valence-electron chi connectivity index (χ2n) is 8.10. The lowest BCUT2D eigenvalue weighted by atomic mass is 10.1. The molecule has 2 aliphatic rings. The van der Waals surface area contributed by atoms with Crippen molar-refractivity contribution in [2.45, 2.75) is 25.6 Å². The first-order chi connectivity index (χ1) is 14.5. The van der Waals surface area contributed by atoms with Crippen LogP contribution in [0.3, 0.4) is 0 Å². The van der Waals surface area contributed by atoms with Crippen LogP contribution in [-0.4, -0.2) is 56.0 Å². The van der Waals surface area contributed by atoms with Crippen molar-refractivity contribution in [3.63, 3.8) is 0 Å². The lowest BCUT2D eigenvalue weighted by molar-refractivity contribution is -1.02. The van der Waals surface area contributed by atoms with Gasteiger partial charge in [-0.25, -0.2) is 4.39 Å². The largest absolute Gasteiger partial charge is 0.496 e. The van der Waals surface area contributed by atoms with Gasteiger partial charge in [-0.15, -0.1) is 0 Å². The Bertz CT molecular complexity index is 913. The van der Waals surface area contributed by atoms with E-state index in [1.165, 1.54) is 26.8 Å². The topological polar surface area (TPSA) is 55.5 Å². The molecule has 0 radical (unpaired) electrons. The fourth-order valence-corrected chi connectivity index (χ4v) is 4.54. The molecule has 7 heteroatoms. The SMILES string of the molecule is COc1ccc(F)cc1C[NH+]1CC[NH+]([C@H]2CC(=O)N(Cc3ccccc3)C2=O)CC1. The maximum Gasteiger partial charge on any atom is 0.288 e. The predicted octanol–water partition coefficient (Wildman–Crippen LogP) is -0.555. The Balaban J connectivity index is 1.35. The van der Waals surface area contributed by atoms with Crippen molar-refractivity contribution in [1.29, 1.82) is 0 Å². The van der Waals surface area contributed by atoms with Crippen molar-refractivity contribution in [2.24, 2.45) is 0 Å². The number of amides is 2. The Kier molecular flexibility index (Phi) is 6.11. The summed E-state index contributed by atoms with van der Waals surface area (Å²) in [7, 11) is 1.60. The summed E-state index contributed by atoms with van der Waals surface area (Å²) in [5.74, 6) is 0.296. The summed E-state index contributed by atoms with van der Waals surface area (Å²) in [4.78, 5) is 29.3. The van der Waals surface area contributed by atoms with E-state index >= 15 is 0 Å². The molecule has 2 aromatic rings. The average molecular weight is 413 g/mol. The van der Waals surface area contributed by atoms with E-state index in [1.54, 1.807) is 13.2 Å². The molecule has 2 aromatic carbocycles. The van der Waals surface area contributed by atoms with Gasteiger partial charge in [0.25, 0.3) is 5.91 Å². The molecule has 0 aliphatic carbocycles. The Labute approximate surface area is 175 Å². The number of hydrogen-bond acceptors (Lipinski definition) is 3. The molecule has 2 N–H and O–H groups in total. The summed E-state index contributed by atoms with van der Waals surface area (Å²) in [5, 5.41) is 0. The van der Waals surface area contributed by atoms with Gasteiger partial charge in [0.1, 0.15) is 44.3 Å². The first kappa shape index (κ1) is 20.5. The lowest BCUT2D eigenvalue weighted by Crippen LogP contribution is -3.29. The first-order valence-corrected chi connectivity index (χ1v) is 10.4. The van der Waals surface area contributed by atoms with Gasteiger partial charge in [0.15, 0.2) is 6.04 Å². The van der Waals surface area contributed by atoms with Crippen LogP contribution in [0.15, 0.2) is 48.5 Å². The summed E-state index contributed by atoms with van der Waals surface area (Å²) < 4.78 is 19.0. The molecule has 0 bridgehead atoms. The third-order valence-electron chi connectivity index (χ3n) is 6.20. The van der Waals surface area contributed by atoms with Crippen molar-refractivity contribution in [3.05, 3.63) is 65.5 Å². The fourth-order valence-electron chi connectivity index (χ4n) is 4.54. The standard InChI is InChI=1S/C23H26FN3O3/c1-30-21-8-7-19(24)13-18(21)16-25-9-11-26(12-10-25)20-14-22(28)27(23(20)29)15-17-5-3-2-4-6-17/h2-8,13,20H,9-12,14-16H2,1H3/p+2/t20-/m0/s1. The summed E-state index contributed by atoms with van der Waals surface area (Å²) in [6.07, 6.45) is 0.286. The van der Waals surface area contributed by atoms with Gasteiger partial charge in [-0.2, -0.15) is 0 Å². The number of quaternary nitrogens is 2. The zero-order valence-corrected chi connectivity index (χ0v) is 17.2. The van der Waals surface area contributed by atoms with Crippen molar-refractivity contribution in [2.75, 3.05) is 33.3 Å². The Hall–Kier alpha value is -2.77. The number of ether oxygens (including phenoxy) is 1. The number of carbonyl (C=O) groups is 2. The summed E-state index contributed by atoms with van der Waals surface area (Å²) in [5.41, 5.74) is 1.82. The van der Waals surface area contributed by atoms with Gasteiger partial charge in [-0.05, 0) is 23.8 Å². The molecule has 6 nitrogen and oxygen atoms in total. The summed E-state index contributed by atoms with van der Waals surface area (Å²) in [6, 6.07) is 13.9. The highest BCUT2D eigenvalue weighted by atomic mass is 19.1. The molecular formula is C23H28FN3O3+2. The van der Waals surface area contributed by atoms with Gasteiger partial charge in [-0.1, -0.05) is 30.3 Å². The highest BCUT2D eigenvalue weighted by Crippen LogP contribution is 2.18. The quantitative estimate of drug-likeness (QED) is 0.625. The van der Waals surface area contributed by atoms with Crippen LogP contribution in [0.1, 0.15) is 17.5 Å². The third kappa shape index (κ3) is 4.37. The number of piperazine rings is 1. The number of hydrogen-bond donors (Lipinski definition) is 2. The number of nitrogens with zero attached hydrogens (tertiary/aromatic N) is 1. The van der Waals surface area contributed by atoms with Crippen LogP contribution in [0.5, 0.6) is 5.75 Å². The molecule has 158 valence electrons. The molecule has 0 aromatic heterocycles.